The second-order valence-corrected chi connectivity index (χ2v) is 7.68. The molecule has 22 heavy (non-hydrogen) atoms. The van der Waals surface area contributed by atoms with Crippen LogP contribution in [0.3, 0.4) is 0 Å². The molecule has 122 valence electrons. The molecule has 1 N–H and O–H groups in total. The Morgan fingerprint density at radius 2 is 2.05 bits per heavy atom. The van der Waals surface area contributed by atoms with Crippen LogP contribution in [-0.2, 0) is 11.3 Å². The van der Waals surface area contributed by atoms with E-state index in [1.54, 1.807) is 0 Å². The third-order valence-corrected chi connectivity index (χ3v) is 5.11. The van der Waals surface area contributed by atoms with Gasteiger partial charge >= 0.3 is 0 Å². The minimum Gasteiger partial charge on any atom is -0.326 e. The van der Waals surface area contributed by atoms with Crippen LogP contribution in [0.1, 0.15) is 37.8 Å². The summed E-state index contributed by atoms with van der Waals surface area (Å²) < 4.78 is 0. The second-order valence-electron chi connectivity index (χ2n) is 6.46. The van der Waals surface area contributed by atoms with Crippen LogP contribution in [-0.4, -0.2) is 35.4 Å². The Morgan fingerprint density at radius 3 is 2.73 bits per heavy atom. The van der Waals surface area contributed by atoms with E-state index in [0.717, 1.165) is 31.7 Å². The van der Waals surface area contributed by atoms with Gasteiger partial charge in [-0.15, -0.1) is 0 Å². The van der Waals surface area contributed by atoms with Gasteiger partial charge in [-0.2, -0.15) is 11.8 Å². The number of nitrogens with zero attached hydrogens (tertiary/aromatic N) is 1. The van der Waals surface area contributed by atoms with Gasteiger partial charge in [0, 0.05) is 43.2 Å². The van der Waals surface area contributed by atoms with Crippen molar-refractivity contribution in [1.82, 2.24) is 4.90 Å². The molecule has 1 aromatic carbocycles. The zero-order chi connectivity index (χ0) is 15.9. The van der Waals surface area contributed by atoms with Crippen molar-refractivity contribution in [2.45, 2.75) is 40.2 Å². The molecule has 0 unspecified atom stereocenters. The van der Waals surface area contributed by atoms with Gasteiger partial charge in [-0.25, -0.2) is 0 Å². The van der Waals surface area contributed by atoms with Crippen molar-refractivity contribution in [1.29, 1.82) is 0 Å². The van der Waals surface area contributed by atoms with E-state index >= 15 is 0 Å². The average molecular weight is 321 g/mol. The summed E-state index contributed by atoms with van der Waals surface area (Å²) >= 11 is 2.03. The summed E-state index contributed by atoms with van der Waals surface area (Å²) in [4.78, 5) is 14.5. The molecule has 1 saturated heterocycles. The van der Waals surface area contributed by atoms with E-state index in [1.165, 1.54) is 22.6 Å². The van der Waals surface area contributed by atoms with Crippen molar-refractivity contribution in [3.05, 3.63) is 29.3 Å². The lowest BCUT2D eigenvalue weighted by atomic mass is 10.0. The molecule has 1 fully saturated rings. The molecular formula is C18H28N2OS. The van der Waals surface area contributed by atoms with Gasteiger partial charge in [-0.3, -0.25) is 9.69 Å². The van der Waals surface area contributed by atoms with Crippen LogP contribution in [0.5, 0.6) is 0 Å². The summed E-state index contributed by atoms with van der Waals surface area (Å²) in [6, 6.07) is 6.25. The van der Waals surface area contributed by atoms with Crippen LogP contribution in [0.4, 0.5) is 5.69 Å². The Balaban J connectivity index is 1.97. The van der Waals surface area contributed by atoms with E-state index in [1.807, 2.05) is 17.8 Å². The minimum absolute atomic E-state index is 0.128. The van der Waals surface area contributed by atoms with Gasteiger partial charge in [0.25, 0.3) is 0 Å². The predicted octanol–water partition coefficient (Wildman–Crippen LogP) is 3.92. The van der Waals surface area contributed by atoms with Crippen LogP contribution in [0.25, 0.3) is 0 Å². The maximum absolute atomic E-state index is 12.0. The summed E-state index contributed by atoms with van der Waals surface area (Å²) in [6.07, 6.45) is 1.54. The molecule has 1 aliphatic heterocycles. The van der Waals surface area contributed by atoms with Crippen LogP contribution in [0.15, 0.2) is 18.2 Å². The van der Waals surface area contributed by atoms with E-state index in [-0.39, 0.29) is 5.91 Å². The Morgan fingerprint density at radius 1 is 1.32 bits per heavy atom. The topological polar surface area (TPSA) is 32.3 Å². The number of carbonyl (C=O) groups is 1. The van der Waals surface area contributed by atoms with Crippen molar-refractivity contribution in [3.63, 3.8) is 0 Å². The molecule has 0 spiro atoms. The number of carbonyl (C=O) groups excluding carboxylic acids is 1. The van der Waals surface area contributed by atoms with E-state index in [0.29, 0.717) is 12.3 Å². The Hall–Kier alpha value is -1.00. The predicted molar refractivity (Wildman–Crippen MR) is 96.5 cm³/mol. The fourth-order valence-corrected chi connectivity index (χ4v) is 3.60. The molecular weight excluding hydrogens is 292 g/mol. The van der Waals surface area contributed by atoms with Gasteiger partial charge in [0.15, 0.2) is 0 Å². The number of hydrogen-bond acceptors (Lipinski definition) is 3. The third-order valence-electron chi connectivity index (χ3n) is 4.17. The van der Waals surface area contributed by atoms with Gasteiger partial charge in [-0.1, -0.05) is 26.0 Å². The molecule has 0 aliphatic carbocycles. The first-order chi connectivity index (χ1) is 10.6. The number of hydrogen-bond donors (Lipinski definition) is 1. The zero-order valence-corrected chi connectivity index (χ0v) is 14.8. The standard InChI is InChI=1S/C18H28N2OS/c1-14(2)7-8-18(21)19-17-6-4-5-16(15(17)3)13-20-9-11-22-12-10-20/h4-6,14H,7-13H2,1-3H3,(H,19,21). The molecule has 0 bridgehead atoms. The number of nitrogens with one attached hydrogen (secondary N) is 1. The third kappa shape index (κ3) is 5.33. The fourth-order valence-electron chi connectivity index (χ4n) is 2.62. The SMILES string of the molecule is Cc1c(CN2CCSCC2)cccc1NC(=O)CCC(C)C. The first-order valence-electron chi connectivity index (χ1n) is 8.24. The molecule has 1 amide bonds. The lowest BCUT2D eigenvalue weighted by Gasteiger charge is -2.27. The molecule has 0 aromatic heterocycles. The molecule has 3 nitrogen and oxygen atoms in total. The fraction of sp³-hybridized carbons (Fsp3) is 0.611. The number of amides is 1. The summed E-state index contributed by atoms with van der Waals surface area (Å²) in [7, 11) is 0. The molecule has 0 radical (unpaired) electrons. The number of benzene rings is 1. The van der Waals surface area contributed by atoms with Gasteiger partial charge < -0.3 is 5.32 Å². The quantitative estimate of drug-likeness (QED) is 0.862. The summed E-state index contributed by atoms with van der Waals surface area (Å²) in [5, 5.41) is 3.08. The Kier molecular flexibility index (Phi) is 6.77. The Labute approximate surface area is 138 Å². The number of thioether (sulfide) groups is 1. The molecule has 0 saturated carbocycles. The van der Waals surface area contributed by atoms with Gasteiger partial charge in [0.2, 0.25) is 5.91 Å². The highest BCUT2D eigenvalue weighted by molar-refractivity contribution is 7.99. The van der Waals surface area contributed by atoms with E-state index in [9.17, 15) is 4.79 Å². The van der Waals surface area contributed by atoms with Gasteiger partial charge in [0.1, 0.15) is 0 Å². The minimum atomic E-state index is 0.128. The average Bonchev–Trinajstić information content (AvgIpc) is 2.50. The zero-order valence-electron chi connectivity index (χ0n) is 14.0. The molecule has 1 heterocycles. The first kappa shape index (κ1) is 17.4. The number of rotatable bonds is 6. The van der Waals surface area contributed by atoms with Crippen molar-refractivity contribution in [2.24, 2.45) is 5.92 Å². The van der Waals surface area contributed by atoms with Crippen molar-refractivity contribution < 1.29 is 4.79 Å². The van der Waals surface area contributed by atoms with E-state index in [2.05, 4.69) is 43.1 Å². The van der Waals surface area contributed by atoms with Crippen LogP contribution < -0.4 is 5.32 Å². The van der Waals surface area contributed by atoms with Crippen LogP contribution in [0.2, 0.25) is 0 Å². The lowest BCUT2D eigenvalue weighted by Crippen LogP contribution is -2.32. The largest absolute Gasteiger partial charge is 0.326 e. The number of anilines is 1. The maximum Gasteiger partial charge on any atom is 0.224 e. The smallest absolute Gasteiger partial charge is 0.224 e. The van der Waals surface area contributed by atoms with Gasteiger partial charge in [-0.05, 0) is 36.5 Å². The molecule has 0 atom stereocenters. The summed E-state index contributed by atoms with van der Waals surface area (Å²) in [5.41, 5.74) is 3.50. The van der Waals surface area contributed by atoms with Crippen LogP contribution >= 0.6 is 11.8 Å². The van der Waals surface area contributed by atoms with Crippen molar-refractivity contribution >= 4 is 23.4 Å². The highest BCUT2D eigenvalue weighted by atomic mass is 32.2. The highest BCUT2D eigenvalue weighted by Crippen LogP contribution is 2.22. The highest BCUT2D eigenvalue weighted by Gasteiger charge is 2.13. The molecule has 2 rings (SSSR count). The summed E-state index contributed by atoms with van der Waals surface area (Å²) in [6.45, 7) is 9.73. The van der Waals surface area contributed by atoms with E-state index < -0.39 is 0 Å². The van der Waals surface area contributed by atoms with Crippen LogP contribution in [0, 0.1) is 12.8 Å². The normalized spacial score (nSPS) is 16.0. The van der Waals surface area contributed by atoms with Crippen molar-refractivity contribution in [3.8, 4) is 0 Å². The van der Waals surface area contributed by atoms with Gasteiger partial charge in [0.05, 0.1) is 0 Å². The van der Waals surface area contributed by atoms with Crippen molar-refractivity contribution in [2.75, 3.05) is 29.9 Å². The Bertz CT molecular complexity index is 496. The van der Waals surface area contributed by atoms with E-state index in [4.69, 9.17) is 0 Å². The lowest BCUT2D eigenvalue weighted by molar-refractivity contribution is -0.116. The molecule has 1 aromatic rings. The first-order valence-corrected chi connectivity index (χ1v) is 9.40. The molecule has 4 heteroatoms. The monoisotopic (exact) mass is 320 g/mol. The summed E-state index contributed by atoms with van der Waals surface area (Å²) in [5.74, 6) is 3.15. The maximum atomic E-state index is 12.0. The molecule has 1 aliphatic rings. The second kappa shape index (κ2) is 8.59.